The Morgan fingerprint density at radius 1 is 1.24 bits per heavy atom. The van der Waals surface area contributed by atoms with Gasteiger partial charge >= 0.3 is 0 Å². The predicted molar refractivity (Wildman–Crippen MR) is 65.0 cm³/mol. The first-order valence-electron chi connectivity index (χ1n) is 4.92. The van der Waals surface area contributed by atoms with E-state index in [0.29, 0.717) is 0 Å². The SMILES string of the molecule is CCS(=O)(=O)CCS(=O)(=O)c1ncccc1N. The molecule has 0 saturated heterocycles. The Hall–Kier alpha value is -1.15. The number of hydrogen-bond donors (Lipinski definition) is 1. The van der Waals surface area contributed by atoms with Crippen molar-refractivity contribution in [3.05, 3.63) is 18.3 Å². The topological polar surface area (TPSA) is 107 Å². The van der Waals surface area contributed by atoms with E-state index < -0.39 is 31.2 Å². The van der Waals surface area contributed by atoms with Gasteiger partial charge in [0.1, 0.15) is 0 Å². The fourth-order valence-corrected chi connectivity index (χ4v) is 4.16. The molecule has 0 aliphatic heterocycles. The minimum atomic E-state index is -3.75. The van der Waals surface area contributed by atoms with Crippen LogP contribution in [0, 0.1) is 0 Å². The minimum Gasteiger partial charge on any atom is -0.396 e. The summed E-state index contributed by atoms with van der Waals surface area (Å²) in [6.45, 7) is 1.47. The monoisotopic (exact) mass is 278 g/mol. The molecule has 0 bridgehead atoms. The van der Waals surface area contributed by atoms with Gasteiger partial charge in [-0.05, 0) is 12.1 Å². The molecule has 0 spiro atoms. The van der Waals surface area contributed by atoms with Crippen LogP contribution in [0.1, 0.15) is 6.92 Å². The molecule has 0 aliphatic carbocycles. The Bertz CT molecular complexity index is 593. The van der Waals surface area contributed by atoms with Crippen molar-refractivity contribution in [3.8, 4) is 0 Å². The van der Waals surface area contributed by atoms with Crippen molar-refractivity contribution in [1.29, 1.82) is 0 Å². The van der Waals surface area contributed by atoms with Gasteiger partial charge in [-0.1, -0.05) is 6.92 Å². The molecule has 1 rings (SSSR count). The highest BCUT2D eigenvalue weighted by molar-refractivity contribution is 7.95. The van der Waals surface area contributed by atoms with E-state index in [1.807, 2.05) is 0 Å². The van der Waals surface area contributed by atoms with Crippen molar-refractivity contribution >= 4 is 25.4 Å². The zero-order valence-electron chi connectivity index (χ0n) is 9.33. The van der Waals surface area contributed by atoms with Gasteiger partial charge in [-0.15, -0.1) is 0 Å². The summed E-state index contributed by atoms with van der Waals surface area (Å²) in [5.74, 6) is -0.994. The number of hydrogen-bond acceptors (Lipinski definition) is 6. The number of nitrogens with two attached hydrogens (primary N) is 1. The average molecular weight is 278 g/mol. The molecule has 0 aromatic carbocycles. The fraction of sp³-hybridized carbons (Fsp3) is 0.444. The van der Waals surface area contributed by atoms with E-state index >= 15 is 0 Å². The third-order valence-corrected chi connectivity index (χ3v) is 5.83. The third-order valence-electron chi connectivity index (χ3n) is 2.20. The summed E-state index contributed by atoms with van der Waals surface area (Å²) in [5.41, 5.74) is 5.52. The predicted octanol–water partition coefficient (Wildman–Crippen LogP) is -0.128. The van der Waals surface area contributed by atoms with E-state index in [4.69, 9.17) is 5.73 Å². The second kappa shape index (κ2) is 5.01. The molecule has 2 N–H and O–H groups in total. The molecular formula is C9H14N2O4S2. The second-order valence-corrected chi connectivity index (χ2v) is 7.95. The first kappa shape index (κ1) is 13.9. The molecule has 0 fully saturated rings. The zero-order chi connectivity index (χ0) is 13.1. The summed E-state index contributed by atoms with van der Waals surface area (Å²) >= 11 is 0. The Balaban J connectivity index is 2.95. The highest BCUT2D eigenvalue weighted by Crippen LogP contribution is 2.15. The first-order chi connectivity index (χ1) is 7.78. The Morgan fingerprint density at radius 3 is 2.41 bits per heavy atom. The number of pyridine rings is 1. The number of rotatable bonds is 5. The summed E-state index contributed by atoms with van der Waals surface area (Å²) in [6.07, 6.45) is 1.30. The maximum atomic E-state index is 11.8. The number of sulfone groups is 2. The highest BCUT2D eigenvalue weighted by atomic mass is 32.2. The smallest absolute Gasteiger partial charge is 0.198 e. The van der Waals surface area contributed by atoms with Gasteiger partial charge in [0.25, 0.3) is 0 Å². The molecule has 0 radical (unpaired) electrons. The summed E-state index contributed by atoms with van der Waals surface area (Å²) in [7, 11) is -7.07. The van der Waals surface area contributed by atoms with Gasteiger partial charge in [-0.2, -0.15) is 0 Å². The van der Waals surface area contributed by atoms with Gasteiger partial charge in [0, 0.05) is 11.9 Å². The number of aromatic nitrogens is 1. The molecule has 1 heterocycles. The normalized spacial score (nSPS) is 12.5. The molecule has 17 heavy (non-hydrogen) atoms. The van der Waals surface area contributed by atoms with Crippen LogP contribution in [0.3, 0.4) is 0 Å². The van der Waals surface area contributed by atoms with Crippen molar-refractivity contribution in [1.82, 2.24) is 4.98 Å². The van der Waals surface area contributed by atoms with E-state index in [1.54, 1.807) is 0 Å². The van der Waals surface area contributed by atoms with Crippen molar-refractivity contribution in [2.45, 2.75) is 11.9 Å². The van der Waals surface area contributed by atoms with Crippen LogP contribution >= 0.6 is 0 Å². The molecule has 1 aromatic heterocycles. The van der Waals surface area contributed by atoms with Crippen LogP contribution in [0.5, 0.6) is 0 Å². The molecule has 0 aliphatic rings. The van der Waals surface area contributed by atoms with Gasteiger partial charge in [-0.25, -0.2) is 21.8 Å². The average Bonchev–Trinajstić information content (AvgIpc) is 2.27. The van der Waals surface area contributed by atoms with Crippen LogP contribution in [0.15, 0.2) is 23.4 Å². The van der Waals surface area contributed by atoms with Crippen LogP contribution < -0.4 is 5.73 Å². The minimum absolute atomic E-state index is 0.0291. The fourth-order valence-electron chi connectivity index (χ4n) is 1.14. The second-order valence-electron chi connectivity index (χ2n) is 3.45. The molecule has 8 heteroatoms. The van der Waals surface area contributed by atoms with Crippen LogP contribution in [-0.2, 0) is 19.7 Å². The molecule has 0 saturated carbocycles. The number of nitrogens with zero attached hydrogens (tertiary/aromatic N) is 1. The van der Waals surface area contributed by atoms with Crippen LogP contribution in [0.2, 0.25) is 0 Å². The van der Waals surface area contributed by atoms with E-state index in [1.165, 1.54) is 25.3 Å². The van der Waals surface area contributed by atoms with E-state index in [2.05, 4.69) is 4.98 Å². The third kappa shape index (κ3) is 3.67. The molecule has 96 valence electrons. The van der Waals surface area contributed by atoms with Crippen LogP contribution in [0.4, 0.5) is 5.69 Å². The van der Waals surface area contributed by atoms with Gasteiger partial charge in [0.05, 0.1) is 17.2 Å². The summed E-state index contributed by atoms with van der Waals surface area (Å²) in [4.78, 5) is 3.67. The van der Waals surface area contributed by atoms with E-state index in [9.17, 15) is 16.8 Å². The largest absolute Gasteiger partial charge is 0.396 e. The maximum Gasteiger partial charge on any atom is 0.198 e. The van der Waals surface area contributed by atoms with Crippen molar-refractivity contribution in [2.75, 3.05) is 23.0 Å². The first-order valence-corrected chi connectivity index (χ1v) is 8.39. The zero-order valence-corrected chi connectivity index (χ0v) is 11.0. The summed E-state index contributed by atoms with van der Waals surface area (Å²) in [5, 5.41) is -0.258. The summed E-state index contributed by atoms with van der Waals surface area (Å²) < 4.78 is 46.1. The molecule has 0 atom stereocenters. The quantitative estimate of drug-likeness (QED) is 0.804. The Morgan fingerprint density at radius 2 is 1.88 bits per heavy atom. The van der Waals surface area contributed by atoms with E-state index in [-0.39, 0.29) is 16.5 Å². The lowest BCUT2D eigenvalue weighted by Crippen LogP contribution is -2.20. The maximum absolute atomic E-state index is 11.8. The van der Waals surface area contributed by atoms with Gasteiger partial charge in [-0.3, -0.25) is 0 Å². The highest BCUT2D eigenvalue weighted by Gasteiger charge is 2.21. The number of anilines is 1. The Kier molecular flexibility index (Phi) is 4.10. The van der Waals surface area contributed by atoms with Crippen LogP contribution in [0.25, 0.3) is 0 Å². The van der Waals surface area contributed by atoms with Gasteiger partial charge in [0.2, 0.25) is 0 Å². The molecular weight excluding hydrogens is 264 g/mol. The van der Waals surface area contributed by atoms with Crippen molar-refractivity contribution in [2.24, 2.45) is 0 Å². The number of nitrogen functional groups attached to an aromatic ring is 1. The molecule has 1 aromatic rings. The molecule has 0 unspecified atom stereocenters. The van der Waals surface area contributed by atoms with Gasteiger partial charge < -0.3 is 5.73 Å². The molecule has 0 amide bonds. The summed E-state index contributed by atoms with van der Waals surface area (Å²) in [6, 6.07) is 2.92. The van der Waals surface area contributed by atoms with Gasteiger partial charge in [0.15, 0.2) is 24.7 Å². The standard InChI is InChI=1S/C9H14N2O4S2/c1-2-16(12,13)6-7-17(14,15)9-8(10)4-3-5-11-9/h3-5H,2,6-7,10H2,1H3. The Labute approximate surface area is 101 Å². The lowest BCUT2D eigenvalue weighted by Gasteiger charge is -2.05. The molecule has 6 nitrogen and oxygen atoms in total. The van der Waals surface area contributed by atoms with E-state index in [0.717, 1.165) is 0 Å². The lowest BCUT2D eigenvalue weighted by atomic mass is 10.4. The van der Waals surface area contributed by atoms with Crippen molar-refractivity contribution < 1.29 is 16.8 Å². The lowest BCUT2D eigenvalue weighted by molar-refractivity contribution is 0.586. The van der Waals surface area contributed by atoms with Crippen molar-refractivity contribution in [3.63, 3.8) is 0 Å². The van der Waals surface area contributed by atoms with Crippen LogP contribution in [-0.4, -0.2) is 39.1 Å².